The third-order valence-electron chi connectivity index (χ3n) is 4.97. The number of Topliss-reactive ketones (excluding diaryl/α,β-unsaturated/α-hetero) is 1. The van der Waals surface area contributed by atoms with E-state index in [2.05, 4.69) is 0 Å². The second-order valence-electron chi connectivity index (χ2n) is 6.90. The first-order chi connectivity index (χ1) is 14.0. The minimum atomic E-state index is -1.07. The molecule has 144 valence electrons. The lowest BCUT2D eigenvalue weighted by molar-refractivity contribution is -0.132. The average Bonchev–Trinajstić information content (AvgIpc) is 2.99. The van der Waals surface area contributed by atoms with E-state index in [9.17, 15) is 19.1 Å². The van der Waals surface area contributed by atoms with Gasteiger partial charge in [-0.2, -0.15) is 0 Å². The van der Waals surface area contributed by atoms with Crippen LogP contribution in [-0.4, -0.2) is 16.8 Å². The molecule has 1 heterocycles. The monoisotopic (exact) mass is 387 g/mol. The Kier molecular flexibility index (Phi) is 4.72. The molecule has 1 N–H and O–H groups in total. The van der Waals surface area contributed by atoms with Crippen molar-refractivity contribution in [3.8, 4) is 0 Å². The van der Waals surface area contributed by atoms with Gasteiger partial charge in [-0.1, -0.05) is 60.7 Å². The second-order valence-corrected chi connectivity index (χ2v) is 6.90. The summed E-state index contributed by atoms with van der Waals surface area (Å²) in [7, 11) is 0. The molecule has 0 spiro atoms. The van der Waals surface area contributed by atoms with Crippen molar-refractivity contribution in [2.24, 2.45) is 0 Å². The van der Waals surface area contributed by atoms with Crippen LogP contribution in [0.3, 0.4) is 0 Å². The molecule has 1 saturated heterocycles. The fraction of sp³-hybridized carbons (Fsp3) is 0.0833. The number of aliphatic hydroxyl groups is 1. The molecule has 29 heavy (non-hydrogen) atoms. The molecule has 1 aliphatic heterocycles. The van der Waals surface area contributed by atoms with Gasteiger partial charge in [0.05, 0.1) is 11.6 Å². The lowest BCUT2D eigenvalue weighted by Gasteiger charge is -2.26. The molecular weight excluding hydrogens is 369 g/mol. The summed E-state index contributed by atoms with van der Waals surface area (Å²) < 4.78 is 14.7. The molecule has 1 atom stereocenters. The van der Waals surface area contributed by atoms with Crippen LogP contribution in [0, 0.1) is 12.7 Å². The van der Waals surface area contributed by atoms with Crippen molar-refractivity contribution in [1.29, 1.82) is 0 Å². The van der Waals surface area contributed by atoms with E-state index in [4.69, 9.17) is 0 Å². The van der Waals surface area contributed by atoms with Gasteiger partial charge in [-0.05, 0) is 30.7 Å². The van der Waals surface area contributed by atoms with Crippen LogP contribution >= 0.6 is 0 Å². The van der Waals surface area contributed by atoms with Crippen LogP contribution in [-0.2, 0) is 9.59 Å². The van der Waals surface area contributed by atoms with Gasteiger partial charge in [0.1, 0.15) is 11.6 Å². The second kappa shape index (κ2) is 7.36. The highest BCUT2D eigenvalue weighted by Gasteiger charge is 2.47. The number of benzene rings is 3. The summed E-state index contributed by atoms with van der Waals surface area (Å²) in [5.41, 5.74) is 1.75. The predicted molar refractivity (Wildman–Crippen MR) is 109 cm³/mol. The molecule has 0 unspecified atom stereocenters. The van der Waals surface area contributed by atoms with E-state index in [0.717, 1.165) is 5.56 Å². The standard InChI is InChI=1S/C24H18FNO3/c1-15-8-7-11-17(14-15)26-21(18-12-5-6-13-19(18)25)20(23(28)24(26)29)22(27)16-9-3-2-4-10-16/h2-14,21,27H,1H3/b22-20+/t21-/m1/s1. The number of hydrogen-bond donors (Lipinski definition) is 1. The maximum Gasteiger partial charge on any atom is 0.300 e. The van der Waals surface area contributed by atoms with Gasteiger partial charge in [0.2, 0.25) is 0 Å². The quantitative estimate of drug-likeness (QED) is 0.400. The number of amides is 1. The lowest BCUT2D eigenvalue weighted by atomic mass is 9.94. The minimum Gasteiger partial charge on any atom is -0.507 e. The smallest absolute Gasteiger partial charge is 0.300 e. The Hall–Kier alpha value is -3.73. The van der Waals surface area contributed by atoms with E-state index < -0.39 is 23.5 Å². The summed E-state index contributed by atoms with van der Waals surface area (Å²) in [6.45, 7) is 1.86. The van der Waals surface area contributed by atoms with Crippen LogP contribution in [0.25, 0.3) is 5.76 Å². The van der Waals surface area contributed by atoms with Crippen molar-refractivity contribution in [2.75, 3.05) is 4.90 Å². The molecule has 0 bridgehead atoms. The molecule has 0 aliphatic carbocycles. The molecule has 1 amide bonds. The third-order valence-corrected chi connectivity index (χ3v) is 4.97. The maximum atomic E-state index is 14.7. The van der Waals surface area contributed by atoms with Gasteiger partial charge in [0, 0.05) is 16.8 Å². The molecule has 3 aromatic carbocycles. The van der Waals surface area contributed by atoms with Crippen LogP contribution in [0.15, 0.2) is 84.4 Å². The molecule has 0 saturated carbocycles. The molecular formula is C24H18FNO3. The number of ketones is 1. The normalized spacial score (nSPS) is 18.3. The summed E-state index contributed by atoms with van der Waals surface area (Å²) in [6, 6.07) is 20.4. The van der Waals surface area contributed by atoms with Crippen LogP contribution in [0.2, 0.25) is 0 Å². The Bertz CT molecular complexity index is 1140. The number of nitrogens with zero attached hydrogens (tertiary/aromatic N) is 1. The van der Waals surface area contributed by atoms with Crippen LogP contribution in [0.5, 0.6) is 0 Å². The summed E-state index contributed by atoms with van der Waals surface area (Å²) in [4.78, 5) is 27.2. The Labute approximate surface area is 167 Å². The number of carbonyl (C=O) groups is 2. The van der Waals surface area contributed by atoms with E-state index in [1.807, 2.05) is 13.0 Å². The van der Waals surface area contributed by atoms with Crippen molar-refractivity contribution >= 4 is 23.1 Å². The van der Waals surface area contributed by atoms with E-state index in [1.54, 1.807) is 54.6 Å². The first kappa shape index (κ1) is 18.6. The number of aliphatic hydroxyl groups excluding tert-OH is 1. The van der Waals surface area contributed by atoms with Crippen LogP contribution in [0.1, 0.15) is 22.7 Å². The van der Waals surface area contributed by atoms with Crippen molar-refractivity contribution in [3.63, 3.8) is 0 Å². The largest absolute Gasteiger partial charge is 0.507 e. The highest BCUT2D eigenvalue weighted by Crippen LogP contribution is 2.42. The highest BCUT2D eigenvalue weighted by atomic mass is 19.1. The topological polar surface area (TPSA) is 57.6 Å². The van der Waals surface area contributed by atoms with Crippen molar-refractivity contribution < 1.29 is 19.1 Å². The number of hydrogen-bond acceptors (Lipinski definition) is 3. The zero-order valence-electron chi connectivity index (χ0n) is 15.7. The van der Waals surface area contributed by atoms with Gasteiger partial charge < -0.3 is 5.11 Å². The maximum absolute atomic E-state index is 14.7. The first-order valence-electron chi connectivity index (χ1n) is 9.16. The molecule has 0 aromatic heterocycles. The summed E-state index contributed by atoms with van der Waals surface area (Å²) >= 11 is 0. The Morgan fingerprint density at radius 3 is 2.31 bits per heavy atom. The van der Waals surface area contributed by atoms with Crippen molar-refractivity contribution in [2.45, 2.75) is 13.0 Å². The van der Waals surface area contributed by atoms with Gasteiger partial charge in [-0.25, -0.2) is 4.39 Å². The molecule has 4 rings (SSSR count). The number of rotatable bonds is 3. The lowest BCUT2D eigenvalue weighted by Crippen LogP contribution is -2.29. The van der Waals surface area contributed by atoms with Gasteiger partial charge in [0.25, 0.3) is 11.7 Å². The Balaban J connectivity index is 1.99. The summed E-state index contributed by atoms with van der Waals surface area (Å²) in [5, 5.41) is 10.9. The van der Waals surface area contributed by atoms with Gasteiger partial charge in [0.15, 0.2) is 0 Å². The first-order valence-corrected chi connectivity index (χ1v) is 9.16. The summed E-state index contributed by atoms with van der Waals surface area (Å²) in [5.74, 6) is -2.54. The van der Waals surface area contributed by atoms with Gasteiger partial charge in [-0.3, -0.25) is 14.5 Å². The van der Waals surface area contributed by atoms with Gasteiger partial charge >= 0.3 is 0 Å². The number of aryl methyl sites for hydroxylation is 1. The highest BCUT2D eigenvalue weighted by molar-refractivity contribution is 6.51. The Morgan fingerprint density at radius 2 is 1.62 bits per heavy atom. The minimum absolute atomic E-state index is 0.132. The van der Waals surface area contributed by atoms with Gasteiger partial charge in [-0.15, -0.1) is 0 Å². The van der Waals surface area contributed by atoms with E-state index in [0.29, 0.717) is 11.3 Å². The summed E-state index contributed by atoms with van der Waals surface area (Å²) in [6.07, 6.45) is 0. The molecule has 3 aromatic rings. The van der Waals surface area contributed by atoms with Crippen molar-refractivity contribution in [1.82, 2.24) is 0 Å². The predicted octanol–water partition coefficient (Wildman–Crippen LogP) is 4.76. The number of halogens is 1. The third kappa shape index (κ3) is 3.21. The number of carbonyl (C=O) groups excluding carboxylic acids is 2. The Morgan fingerprint density at radius 1 is 0.931 bits per heavy atom. The van der Waals surface area contributed by atoms with E-state index in [1.165, 1.54) is 23.1 Å². The zero-order chi connectivity index (χ0) is 20.5. The van der Waals surface area contributed by atoms with Crippen LogP contribution < -0.4 is 4.90 Å². The molecule has 5 heteroatoms. The average molecular weight is 387 g/mol. The molecule has 1 aliphatic rings. The van der Waals surface area contributed by atoms with E-state index >= 15 is 0 Å². The molecule has 0 radical (unpaired) electrons. The SMILES string of the molecule is Cc1cccc(N2C(=O)C(=O)/C(=C(/O)c3ccccc3)[C@H]2c2ccccc2F)c1. The fourth-order valence-electron chi connectivity index (χ4n) is 3.62. The van der Waals surface area contributed by atoms with E-state index in [-0.39, 0.29) is 16.9 Å². The molecule has 1 fully saturated rings. The fourth-order valence-corrected chi connectivity index (χ4v) is 3.62. The van der Waals surface area contributed by atoms with Crippen molar-refractivity contribution in [3.05, 3.63) is 107 Å². The number of anilines is 1. The molecule has 4 nitrogen and oxygen atoms in total. The zero-order valence-corrected chi connectivity index (χ0v) is 15.7. The van der Waals surface area contributed by atoms with Crippen LogP contribution in [0.4, 0.5) is 10.1 Å².